The van der Waals surface area contributed by atoms with Crippen LogP contribution in [0.3, 0.4) is 0 Å². The zero-order chi connectivity index (χ0) is 9.52. The number of hydrogen-bond acceptors (Lipinski definition) is 0. The van der Waals surface area contributed by atoms with Crippen LogP contribution in [0.4, 0.5) is 0 Å². The first kappa shape index (κ1) is 10.5. The first-order chi connectivity index (χ1) is 6.36. The van der Waals surface area contributed by atoms with Crippen molar-refractivity contribution in [2.75, 3.05) is 0 Å². The number of rotatable bonds is 5. The molecular weight excluding hydrogens is 158 g/mol. The van der Waals surface area contributed by atoms with E-state index in [1.807, 2.05) is 6.08 Å². The van der Waals surface area contributed by atoms with Crippen molar-refractivity contribution < 1.29 is 5.32 Å². The van der Waals surface area contributed by atoms with Gasteiger partial charge in [0.25, 0.3) is 0 Å². The summed E-state index contributed by atoms with van der Waals surface area (Å²) in [5, 5.41) is 2.51. The average molecular weight is 180 g/mol. The van der Waals surface area contributed by atoms with E-state index in [0.717, 1.165) is 18.5 Å². The predicted octanol–water partition coefficient (Wildman–Crippen LogP) is 2.01. The summed E-state index contributed by atoms with van der Waals surface area (Å²) in [6.07, 6.45) is 13.1. The summed E-state index contributed by atoms with van der Waals surface area (Å²) in [4.78, 5) is 0. The second kappa shape index (κ2) is 5.98. The molecule has 0 aromatic carbocycles. The van der Waals surface area contributed by atoms with Gasteiger partial charge in [0.1, 0.15) is 6.04 Å². The minimum absolute atomic E-state index is 0.735. The van der Waals surface area contributed by atoms with Crippen LogP contribution in [0.15, 0.2) is 24.8 Å². The molecule has 2 N–H and O–H groups in total. The van der Waals surface area contributed by atoms with Gasteiger partial charge in [-0.1, -0.05) is 25.5 Å². The zero-order valence-corrected chi connectivity index (χ0v) is 8.71. The van der Waals surface area contributed by atoms with Crippen LogP contribution in [0.1, 0.15) is 39.0 Å². The molecule has 0 bridgehead atoms. The third-order valence-corrected chi connectivity index (χ3v) is 2.70. The van der Waals surface area contributed by atoms with E-state index in [0.29, 0.717) is 0 Å². The fraction of sp³-hybridized carbons (Fsp3) is 0.667. The average Bonchev–Trinajstić information content (AvgIpc) is 2.16. The lowest BCUT2D eigenvalue weighted by Gasteiger charge is -2.22. The molecule has 2 atom stereocenters. The first-order valence-electron chi connectivity index (χ1n) is 5.49. The molecule has 74 valence electrons. The highest BCUT2D eigenvalue weighted by atomic mass is 14.9. The van der Waals surface area contributed by atoms with Gasteiger partial charge in [0.2, 0.25) is 0 Å². The van der Waals surface area contributed by atoms with E-state index in [1.165, 1.54) is 25.7 Å². The Kier molecular flexibility index (Phi) is 4.84. The fourth-order valence-corrected chi connectivity index (χ4v) is 1.94. The van der Waals surface area contributed by atoms with Crippen molar-refractivity contribution in [1.82, 2.24) is 0 Å². The molecule has 1 heterocycles. The van der Waals surface area contributed by atoms with Crippen LogP contribution in [0.2, 0.25) is 0 Å². The predicted molar refractivity (Wildman–Crippen MR) is 57.6 cm³/mol. The molecule has 13 heavy (non-hydrogen) atoms. The molecule has 1 aliphatic rings. The van der Waals surface area contributed by atoms with E-state index in [-0.39, 0.29) is 0 Å². The van der Waals surface area contributed by atoms with E-state index in [9.17, 15) is 0 Å². The Morgan fingerprint density at radius 2 is 2.46 bits per heavy atom. The molecule has 1 nitrogen and oxygen atoms in total. The Labute approximate surface area is 81.9 Å². The SMILES string of the molecule is C=CC[C@H]1CC=C[C@@H](CCCC)[NH2+]1. The van der Waals surface area contributed by atoms with Crippen molar-refractivity contribution in [1.29, 1.82) is 0 Å². The summed E-state index contributed by atoms with van der Waals surface area (Å²) in [5.74, 6) is 0. The van der Waals surface area contributed by atoms with E-state index < -0.39 is 0 Å². The molecule has 0 spiro atoms. The van der Waals surface area contributed by atoms with Crippen molar-refractivity contribution in [2.24, 2.45) is 0 Å². The fourth-order valence-electron chi connectivity index (χ4n) is 1.94. The van der Waals surface area contributed by atoms with Crippen molar-refractivity contribution in [3.05, 3.63) is 24.8 Å². The zero-order valence-electron chi connectivity index (χ0n) is 8.71. The van der Waals surface area contributed by atoms with Gasteiger partial charge in [-0.05, 0) is 12.5 Å². The minimum Gasteiger partial charge on any atom is -0.338 e. The van der Waals surface area contributed by atoms with Crippen molar-refractivity contribution in [3.8, 4) is 0 Å². The van der Waals surface area contributed by atoms with Gasteiger partial charge in [-0.15, -0.1) is 6.58 Å². The molecule has 0 saturated heterocycles. The second-order valence-electron chi connectivity index (χ2n) is 3.95. The molecular formula is C12H22N+. The summed E-state index contributed by atoms with van der Waals surface area (Å²) in [6.45, 7) is 6.06. The van der Waals surface area contributed by atoms with Crippen LogP contribution in [0.5, 0.6) is 0 Å². The smallest absolute Gasteiger partial charge is 0.105 e. The summed E-state index contributed by atoms with van der Waals surface area (Å²) < 4.78 is 0. The Hall–Kier alpha value is -0.560. The monoisotopic (exact) mass is 180 g/mol. The number of hydrogen-bond donors (Lipinski definition) is 1. The van der Waals surface area contributed by atoms with Crippen LogP contribution in [-0.4, -0.2) is 12.1 Å². The molecule has 0 amide bonds. The summed E-state index contributed by atoms with van der Waals surface area (Å²) in [7, 11) is 0. The maximum Gasteiger partial charge on any atom is 0.105 e. The Balaban J connectivity index is 2.28. The third kappa shape index (κ3) is 3.77. The highest BCUT2D eigenvalue weighted by Crippen LogP contribution is 2.06. The molecule has 1 rings (SSSR count). The van der Waals surface area contributed by atoms with E-state index in [4.69, 9.17) is 0 Å². The standard InChI is InChI=1S/C12H21N/c1-3-5-8-12-10-6-9-11(13-12)7-4-2/h4,6,10-13H,2-3,5,7-9H2,1H3/p+1/t11-,12+/m0/s1. The minimum atomic E-state index is 0.735. The number of nitrogens with two attached hydrogens (primary N) is 1. The largest absolute Gasteiger partial charge is 0.338 e. The highest BCUT2D eigenvalue weighted by molar-refractivity contribution is 4.94. The van der Waals surface area contributed by atoms with Gasteiger partial charge in [-0.25, -0.2) is 0 Å². The van der Waals surface area contributed by atoms with Crippen molar-refractivity contribution in [3.63, 3.8) is 0 Å². The van der Waals surface area contributed by atoms with Gasteiger partial charge in [0, 0.05) is 19.3 Å². The third-order valence-electron chi connectivity index (χ3n) is 2.70. The van der Waals surface area contributed by atoms with Gasteiger partial charge in [-0.2, -0.15) is 0 Å². The highest BCUT2D eigenvalue weighted by Gasteiger charge is 2.18. The molecule has 0 fully saturated rings. The summed E-state index contributed by atoms with van der Waals surface area (Å²) in [5.41, 5.74) is 0. The molecule has 0 radical (unpaired) electrons. The Bertz CT molecular complexity index is 172. The Morgan fingerprint density at radius 3 is 3.15 bits per heavy atom. The maximum atomic E-state index is 3.80. The van der Waals surface area contributed by atoms with Crippen LogP contribution >= 0.6 is 0 Å². The van der Waals surface area contributed by atoms with Gasteiger partial charge >= 0.3 is 0 Å². The summed E-state index contributed by atoms with van der Waals surface area (Å²) >= 11 is 0. The maximum absolute atomic E-state index is 3.80. The van der Waals surface area contributed by atoms with E-state index >= 15 is 0 Å². The lowest BCUT2D eigenvalue weighted by Crippen LogP contribution is -2.95. The normalized spacial score (nSPS) is 27.5. The lowest BCUT2D eigenvalue weighted by molar-refractivity contribution is -0.714. The molecule has 1 heteroatoms. The molecule has 0 aromatic rings. The summed E-state index contributed by atoms with van der Waals surface area (Å²) in [6, 6.07) is 1.49. The van der Waals surface area contributed by atoms with Crippen molar-refractivity contribution in [2.45, 2.75) is 51.1 Å². The molecule has 0 aromatic heterocycles. The quantitative estimate of drug-likeness (QED) is 0.623. The van der Waals surface area contributed by atoms with Crippen LogP contribution in [-0.2, 0) is 0 Å². The lowest BCUT2D eigenvalue weighted by atomic mass is 10.00. The molecule has 0 aliphatic carbocycles. The number of quaternary nitrogens is 1. The van der Waals surface area contributed by atoms with Crippen molar-refractivity contribution >= 4 is 0 Å². The van der Waals surface area contributed by atoms with E-state index in [2.05, 4.69) is 31.0 Å². The van der Waals surface area contributed by atoms with Crippen LogP contribution in [0.25, 0.3) is 0 Å². The van der Waals surface area contributed by atoms with E-state index in [1.54, 1.807) is 0 Å². The number of unbranched alkanes of at least 4 members (excludes halogenated alkanes) is 1. The molecule has 1 aliphatic heterocycles. The van der Waals surface area contributed by atoms with Crippen LogP contribution < -0.4 is 5.32 Å². The van der Waals surface area contributed by atoms with Gasteiger partial charge in [-0.3, -0.25) is 0 Å². The van der Waals surface area contributed by atoms with Gasteiger partial charge in [0.05, 0.1) is 6.04 Å². The topological polar surface area (TPSA) is 16.6 Å². The van der Waals surface area contributed by atoms with Crippen LogP contribution in [0, 0.1) is 0 Å². The first-order valence-corrected chi connectivity index (χ1v) is 5.49. The van der Waals surface area contributed by atoms with Gasteiger partial charge < -0.3 is 5.32 Å². The Morgan fingerprint density at radius 1 is 1.62 bits per heavy atom. The molecule has 0 unspecified atom stereocenters. The second-order valence-corrected chi connectivity index (χ2v) is 3.95. The van der Waals surface area contributed by atoms with Gasteiger partial charge in [0.15, 0.2) is 0 Å². The molecule has 0 saturated carbocycles.